The van der Waals surface area contributed by atoms with Gasteiger partial charge in [0, 0.05) is 13.6 Å². The largest absolute Gasteiger partial charge is 0.303 e. The van der Waals surface area contributed by atoms with Crippen LogP contribution >= 0.6 is 0 Å². The SMILES string of the molecule is Cc1cnn(C)c1-c1ccc(CC2CC3(CCN(CC4CC5C=CC4C5)CC3)C2)nn1. The Morgan fingerprint density at radius 2 is 1.90 bits per heavy atom. The number of hydrogen-bond donors (Lipinski definition) is 0. The number of allylic oxidation sites excluding steroid dienone is 2. The maximum atomic E-state index is 4.56. The van der Waals surface area contributed by atoms with Crippen molar-refractivity contribution in [2.24, 2.45) is 36.1 Å². The highest BCUT2D eigenvalue weighted by Gasteiger charge is 2.46. The minimum Gasteiger partial charge on any atom is -0.303 e. The Hall–Kier alpha value is -2.01. The van der Waals surface area contributed by atoms with Gasteiger partial charge in [0.1, 0.15) is 5.69 Å². The van der Waals surface area contributed by atoms with Crippen molar-refractivity contribution in [2.45, 2.75) is 51.9 Å². The molecule has 164 valence electrons. The average Bonchev–Trinajstić information content (AvgIpc) is 3.45. The van der Waals surface area contributed by atoms with Gasteiger partial charge in [-0.15, -0.1) is 5.10 Å². The zero-order chi connectivity index (χ0) is 21.0. The van der Waals surface area contributed by atoms with Crippen LogP contribution in [0.25, 0.3) is 11.4 Å². The van der Waals surface area contributed by atoms with Crippen molar-refractivity contribution in [1.82, 2.24) is 24.9 Å². The van der Waals surface area contributed by atoms with Crippen molar-refractivity contribution < 1.29 is 0 Å². The lowest BCUT2D eigenvalue weighted by molar-refractivity contribution is -0.0172. The molecule has 4 aliphatic rings. The molecule has 3 fully saturated rings. The van der Waals surface area contributed by atoms with Crippen LogP contribution in [0.15, 0.2) is 30.5 Å². The van der Waals surface area contributed by atoms with Crippen molar-refractivity contribution in [3.8, 4) is 11.4 Å². The molecule has 6 rings (SSSR count). The van der Waals surface area contributed by atoms with E-state index in [4.69, 9.17) is 0 Å². The second-order valence-corrected chi connectivity index (χ2v) is 11.0. The van der Waals surface area contributed by atoms with E-state index in [1.54, 1.807) is 0 Å². The van der Waals surface area contributed by atoms with E-state index in [2.05, 4.69) is 51.4 Å². The van der Waals surface area contributed by atoms with E-state index in [0.29, 0.717) is 5.41 Å². The lowest BCUT2D eigenvalue weighted by Gasteiger charge is -2.53. The molecule has 5 heteroatoms. The maximum absolute atomic E-state index is 4.56. The summed E-state index contributed by atoms with van der Waals surface area (Å²) in [5, 5.41) is 13.4. The highest BCUT2D eigenvalue weighted by Crippen LogP contribution is 2.54. The molecule has 2 bridgehead atoms. The monoisotopic (exact) mass is 417 g/mol. The molecule has 3 atom stereocenters. The third-order valence-corrected chi connectivity index (χ3v) is 8.85. The fourth-order valence-electron chi connectivity index (χ4n) is 7.17. The summed E-state index contributed by atoms with van der Waals surface area (Å²) >= 11 is 0. The van der Waals surface area contributed by atoms with Gasteiger partial charge in [-0.1, -0.05) is 12.2 Å². The number of hydrogen-bond acceptors (Lipinski definition) is 4. The third-order valence-electron chi connectivity index (χ3n) is 8.85. The minimum atomic E-state index is 0.634. The zero-order valence-corrected chi connectivity index (χ0v) is 19.0. The molecule has 1 spiro atoms. The highest BCUT2D eigenvalue weighted by atomic mass is 15.3. The fraction of sp³-hybridized carbons (Fsp3) is 0.654. The molecule has 3 heterocycles. The molecule has 0 N–H and O–H groups in total. The van der Waals surface area contributed by atoms with E-state index < -0.39 is 0 Å². The molecule has 3 aliphatic carbocycles. The van der Waals surface area contributed by atoms with Crippen LogP contribution in [-0.4, -0.2) is 44.5 Å². The van der Waals surface area contributed by atoms with Crippen LogP contribution in [0.5, 0.6) is 0 Å². The first-order valence-corrected chi connectivity index (χ1v) is 12.3. The number of piperidine rings is 1. The van der Waals surface area contributed by atoms with Gasteiger partial charge >= 0.3 is 0 Å². The first kappa shape index (κ1) is 19.7. The van der Waals surface area contributed by atoms with E-state index in [0.717, 1.165) is 52.7 Å². The normalized spacial score (nSPS) is 29.7. The first-order chi connectivity index (χ1) is 15.1. The number of likely N-dealkylation sites (tertiary alicyclic amines) is 1. The molecule has 1 saturated heterocycles. The average molecular weight is 418 g/mol. The lowest BCUT2D eigenvalue weighted by atomic mass is 9.56. The molecule has 0 amide bonds. The van der Waals surface area contributed by atoms with Gasteiger partial charge in [0.25, 0.3) is 0 Å². The molecule has 2 aromatic rings. The Balaban J connectivity index is 0.987. The smallest absolute Gasteiger partial charge is 0.111 e. The van der Waals surface area contributed by atoms with Crippen LogP contribution in [-0.2, 0) is 13.5 Å². The molecular formula is C26H35N5. The van der Waals surface area contributed by atoms with Crippen LogP contribution in [0.2, 0.25) is 0 Å². The minimum absolute atomic E-state index is 0.634. The standard InChI is InChI=1S/C26H35N5/c1-18-16-27-30(2)25(18)24-6-5-23(28-29-24)13-20-14-26(15-20)7-9-31(10-8-26)17-22-12-19-3-4-21(22)11-19/h3-6,16,19-22H,7-15,17H2,1-2H3. The summed E-state index contributed by atoms with van der Waals surface area (Å²) in [6.07, 6.45) is 16.4. The van der Waals surface area contributed by atoms with E-state index in [-0.39, 0.29) is 0 Å². The van der Waals surface area contributed by atoms with Gasteiger partial charge in [-0.2, -0.15) is 10.2 Å². The summed E-state index contributed by atoms with van der Waals surface area (Å²) < 4.78 is 1.88. The van der Waals surface area contributed by atoms with Gasteiger partial charge in [0.05, 0.1) is 17.6 Å². The molecule has 0 aromatic carbocycles. The molecule has 2 aromatic heterocycles. The van der Waals surface area contributed by atoms with Gasteiger partial charge in [0.2, 0.25) is 0 Å². The number of fused-ring (bicyclic) bond motifs is 2. The summed E-state index contributed by atoms with van der Waals surface area (Å²) in [5.41, 5.74) is 4.91. The van der Waals surface area contributed by atoms with E-state index in [1.165, 1.54) is 58.2 Å². The zero-order valence-electron chi connectivity index (χ0n) is 19.0. The molecule has 0 radical (unpaired) electrons. The quantitative estimate of drug-likeness (QED) is 0.675. The second-order valence-electron chi connectivity index (χ2n) is 11.0. The van der Waals surface area contributed by atoms with Crippen molar-refractivity contribution in [2.75, 3.05) is 19.6 Å². The topological polar surface area (TPSA) is 46.8 Å². The predicted octanol–water partition coefficient (Wildman–Crippen LogP) is 4.43. The summed E-state index contributed by atoms with van der Waals surface area (Å²) in [4.78, 5) is 2.78. The molecule has 1 aliphatic heterocycles. The molecule has 31 heavy (non-hydrogen) atoms. The van der Waals surface area contributed by atoms with Crippen LogP contribution in [0.1, 0.15) is 49.8 Å². The van der Waals surface area contributed by atoms with Crippen LogP contribution in [0.3, 0.4) is 0 Å². The van der Waals surface area contributed by atoms with Crippen LogP contribution < -0.4 is 0 Å². The third kappa shape index (κ3) is 3.65. The molecular weight excluding hydrogens is 382 g/mol. The second kappa shape index (κ2) is 7.54. The van der Waals surface area contributed by atoms with Crippen molar-refractivity contribution in [1.29, 1.82) is 0 Å². The van der Waals surface area contributed by atoms with Gasteiger partial charge in [0.15, 0.2) is 0 Å². The van der Waals surface area contributed by atoms with Crippen molar-refractivity contribution in [3.63, 3.8) is 0 Å². The van der Waals surface area contributed by atoms with E-state index in [9.17, 15) is 0 Å². The fourth-order valence-corrected chi connectivity index (χ4v) is 7.17. The maximum Gasteiger partial charge on any atom is 0.111 e. The summed E-state index contributed by atoms with van der Waals surface area (Å²) in [6.45, 7) is 6.07. The summed E-state index contributed by atoms with van der Waals surface area (Å²) in [6, 6.07) is 4.29. The Kier molecular flexibility index (Phi) is 4.78. The van der Waals surface area contributed by atoms with Crippen molar-refractivity contribution >= 4 is 0 Å². The summed E-state index contributed by atoms with van der Waals surface area (Å²) in [5.74, 6) is 3.53. The lowest BCUT2D eigenvalue weighted by Crippen LogP contribution is -2.48. The first-order valence-electron chi connectivity index (χ1n) is 12.3. The Labute approximate surface area is 185 Å². The van der Waals surface area contributed by atoms with E-state index in [1.807, 2.05) is 17.9 Å². The van der Waals surface area contributed by atoms with E-state index >= 15 is 0 Å². The van der Waals surface area contributed by atoms with Gasteiger partial charge in [-0.05, 0) is 112 Å². The predicted molar refractivity (Wildman–Crippen MR) is 122 cm³/mol. The summed E-state index contributed by atoms with van der Waals surface area (Å²) in [7, 11) is 1.96. The number of rotatable bonds is 5. The molecule has 3 unspecified atom stereocenters. The Morgan fingerprint density at radius 1 is 1.06 bits per heavy atom. The van der Waals surface area contributed by atoms with Gasteiger partial charge < -0.3 is 4.90 Å². The molecule has 5 nitrogen and oxygen atoms in total. The molecule has 2 saturated carbocycles. The highest BCUT2D eigenvalue weighted by molar-refractivity contribution is 5.57. The van der Waals surface area contributed by atoms with Gasteiger partial charge in [-0.3, -0.25) is 4.68 Å². The Morgan fingerprint density at radius 3 is 2.52 bits per heavy atom. The van der Waals surface area contributed by atoms with Gasteiger partial charge in [-0.25, -0.2) is 0 Å². The van der Waals surface area contributed by atoms with Crippen LogP contribution in [0, 0.1) is 36.0 Å². The number of aryl methyl sites for hydroxylation is 2. The number of nitrogens with zero attached hydrogens (tertiary/aromatic N) is 5. The Bertz CT molecular complexity index is 939. The van der Waals surface area contributed by atoms with Crippen molar-refractivity contribution in [3.05, 3.63) is 41.7 Å². The number of aromatic nitrogens is 4. The van der Waals surface area contributed by atoms with Crippen LogP contribution in [0.4, 0.5) is 0 Å².